The summed E-state index contributed by atoms with van der Waals surface area (Å²) in [4.78, 5) is 2.43. The van der Waals surface area contributed by atoms with Gasteiger partial charge >= 0.3 is 0 Å². The summed E-state index contributed by atoms with van der Waals surface area (Å²) in [6.07, 6.45) is 0. The summed E-state index contributed by atoms with van der Waals surface area (Å²) < 4.78 is 2.52. The summed E-state index contributed by atoms with van der Waals surface area (Å²) in [7, 11) is 0. The highest BCUT2D eigenvalue weighted by atomic mass is 15.1. The van der Waals surface area contributed by atoms with Crippen LogP contribution in [0.4, 0.5) is 17.1 Å². The Morgan fingerprint density at radius 3 is 1.38 bits per heavy atom. The summed E-state index contributed by atoms with van der Waals surface area (Å²) in [6.45, 7) is 0. The first-order valence-electron chi connectivity index (χ1n) is 24.7. The maximum absolute atomic E-state index is 2.52. The molecule has 0 aliphatic heterocycles. The smallest absolute Gasteiger partial charge is 0.0618 e. The Morgan fingerprint density at radius 1 is 0.250 bits per heavy atom. The molecule has 0 atom stereocenters. The van der Waals surface area contributed by atoms with E-state index < -0.39 is 0 Å². The topological polar surface area (TPSA) is 8.17 Å². The number of benzene rings is 12. The summed E-state index contributed by atoms with van der Waals surface area (Å²) in [5.74, 6) is 0. The predicted molar refractivity (Wildman–Crippen MR) is 306 cm³/mol. The fourth-order valence-electron chi connectivity index (χ4n) is 10.8. The summed E-state index contributed by atoms with van der Waals surface area (Å²) in [5.41, 5.74) is 20.7. The Kier molecular flexibility index (Phi) is 10.9. The molecule has 0 fully saturated rings. The van der Waals surface area contributed by atoms with Crippen molar-refractivity contribution >= 4 is 49.6 Å². The Bertz CT molecular complexity index is 4050. The largest absolute Gasteiger partial charge is 0.310 e. The van der Waals surface area contributed by atoms with Crippen LogP contribution in [0, 0.1) is 0 Å². The van der Waals surface area contributed by atoms with E-state index in [4.69, 9.17) is 0 Å². The van der Waals surface area contributed by atoms with E-state index in [1.54, 1.807) is 0 Å². The molecule has 1 aromatic heterocycles. The third kappa shape index (κ3) is 7.73. The molecular formula is C70H48N2. The molecular weight excluding hydrogens is 869 g/mol. The highest BCUT2D eigenvalue weighted by Crippen LogP contribution is 2.47. The van der Waals surface area contributed by atoms with Gasteiger partial charge in [-0.15, -0.1) is 0 Å². The van der Waals surface area contributed by atoms with Crippen molar-refractivity contribution in [3.63, 3.8) is 0 Å². The number of rotatable bonds is 10. The molecule has 0 radical (unpaired) electrons. The van der Waals surface area contributed by atoms with Crippen molar-refractivity contribution < 1.29 is 0 Å². The molecule has 0 bridgehead atoms. The second-order valence-corrected chi connectivity index (χ2v) is 18.4. The minimum absolute atomic E-state index is 1.07. The third-order valence-corrected chi connectivity index (χ3v) is 14.2. The Labute approximate surface area is 420 Å². The molecule has 12 aromatic carbocycles. The Hall–Kier alpha value is -9.50. The van der Waals surface area contributed by atoms with Crippen LogP contribution in [0.25, 0.3) is 105 Å². The predicted octanol–water partition coefficient (Wildman–Crippen LogP) is 19.4. The van der Waals surface area contributed by atoms with Gasteiger partial charge in [0.15, 0.2) is 0 Å². The van der Waals surface area contributed by atoms with Crippen LogP contribution in [0.5, 0.6) is 0 Å². The van der Waals surface area contributed by atoms with Crippen LogP contribution in [-0.2, 0) is 0 Å². The normalized spacial score (nSPS) is 11.3. The minimum atomic E-state index is 1.07. The first-order chi connectivity index (χ1) is 35.7. The van der Waals surface area contributed by atoms with Gasteiger partial charge < -0.3 is 9.47 Å². The molecule has 72 heavy (non-hydrogen) atoms. The first-order valence-corrected chi connectivity index (χ1v) is 24.7. The Balaban J connectivity index is 1.02. The maximum atomic E-state index is 2.52. The molecule has 0 saturated heterocycles. The summed E-state index contributed by atoms with van der Waals surface area (Å²) in [6, 6.07) is 106. The number of hydrogen-bond acceptors (Lipinski definition) is 1. The zero-order valence-corrected chi connectivity index (χ0v) is 39.6. The van der Waals surface area contributed by atoms with Crippen molar-refractivity contribution in [2.75, 3.05) is 4.90 Å². The van der Waals surface area contributed by atoms with E-state index >= 15 is 0 Å². The number of hydrogen-bond donors (Lipinski definition) is 0. The molecule has 0 aliphatic carbocycles. The van der Waals surface area contributed by atoms with Crippen LogP contribution >= 0.6 is 0 Å². The van der Waals surface area contributed by atoms with Crippen molar-refractivity contribution in [2.24, 2.45) is 0 Å². The molecule has 0 amide bonds. The van der Waals surface area contributed by atoms with Gasteiger partial charge in [0.2, 0.25) is 0 Å². The molecule has 0 spiro atoms. The van der Waals surface area contributed by atoms with Crippen LogP contribution in [0.3, 0.4) is 0 Å². The quantitative estimate of drug-likeness (QED) is 0.133. The lowest BCUT2D eigenvalue weighted by Crippen LogP contribution is -2.11. The molecule has 2 heteroatoms. The highest BCUT2D eigenvalue weighted by molar-refractivity contribution is 6.22. The fourth-order valence-corrected chi connectivity index (χ4v) is 10.8. The van der Waals surface area contributed by atoms with Crippen molar-refractivity contribution in [3.05, 3.63) is 291 Å². The number of anilines is 3. The number of aromatic nitrogens is 1. The first kappa shape index (κ1) is 42.6. The van der Waals surface area contributed by atoms with Crippen LogP contribution in [0.1, 0.15) is 0 Å². The zero-order valence-electron chi connectivity index (χ0n) is 39.6. The molecule has 2 nitrogen and oxygen atoms in total. The van der Waals surface area contributed by atoms with Gasteiger partial charge in [-0.05, 0) is 109 Å². The maximum Gasteiger partial charge on any atom is 0.0618 e. The molecule has 1 heterocycles. The second kappa shape index (κ2) is 18.4. The van der Waals surface area contributed by atoms with E-state index in [-0.39, 0.29) is 0 Å². The van der Waals surface area contributed by atoms with E-state index in [9.17, 15) is 0 Å². The van der Waals surface area contributed by atoms with Gasteiger partial charge in [-0.3, -0.25) is 0 Å². The van der Waals surface area contributed by atoms with Gasteiger partial charge in [0.05, 0.1) is 22.4 Å². The van der Waals surface area contributed by atoms with Gasteiger partial charge in [0, 0.05) is 38.8 Å². The van der Waals surface area contributed by atoms with Crippen molar-refractivity contribution in [1.82, 2.24) is 4.57 Å². The summed E-state index contributed by atoms with van der Waals surface area (Å²) >= 11 is 0. The molecule has 0 unspecified atom stereocenters. The lowest BCUT2D eigenvalue weighted by Gasteiger charge is -2.29. The molecule has 13 rings (SSSR count). The lowest BCUT2D eigenvalue weighted by atomic mass is 9.92. The standard InChI is InChI=1S/C70H48N2/c1-5-19-49(20-6-1)51-35-37-52(38-36-51)53-39-43-59(44-40-53)71(60-29-17-28-57(47-60)50-21-7-2-8-22-50)67-45-42-58(48-65(67)55-25-11-4-12-26-55)63-33-18-32-62(54-23-9-3-10-24-54)70(63)72-66-34-16-15-31-64(66)69-61-30-14-13-27-56(61)41-46-68(69)72/h1-48H. The van der Waals surface area contributed by atoms with Gasteiger partial charge in [-0.2, -0.15) is 0 Å². The average molecular weight is 917 g/mol. The van der Waals surface area contributed by atoms with E-state index in [0.29, 0.717) is 0 Å². The van der Waals surface area contributed by atoms with Gasteiger partial charge in [-0.1, -0.05) is 243 Å². The van der Waals surface area contributed by atoms with Crippen LogP contribution in [0.15, 0.2) is 291 Å². The molecule has 0 aliphatic rings. The fraction of sp³-hybridized carbons (Fsp3) is 0. The Morgan fingerprint density at radius 2 is 0.722 bits per heavy atom. The summed E-state index contributed by atoms with van der Waals surface area (Å²) in [5, 5.41) is 4.99. The van der Waals surface area contributed by atoms with Gasteiger partial charge in [0.25, 0.3) is 0 Å². The monoisotopic (exact) mass is 916 g/mol. The van der Waals surface area contributed by atoms with E-state index in [1.807, 2.05) is 0 Å². The number of para-hydroxylation sites is 2. The lowest BCUT2D eigenvalue weighted by molar-refractivity contribution is 1.18. The van der Waals surface area contributed by atoms with Crippen LogP contribution in [0.2, 0.25) is 0 Å². The minimum Gasteiger partial charge on any atom is -0.310 e. The van der Waals surface area contributed by atoms with Crippen molar-refractivity contribution in [1.29, 1.82) is 0 Å². The number of fused-ring (bicyclic) bond motifs is 5. The van der Waals surface area contributed by atoms with Crippen LogP contribution < -0.4 is 4.90 Å². The molecule has 338 valence electrons. The van der Waals surface area contributed by atoms with E-state index in [2.05, 4.69) is 301 Å². The number of nitrogens with zero attached hydrogens (tertiary/aromatic N) is 2. The van der Waals surface area contributed by atoms with Crippen LogP contribution in [-0.4, -0.2) is 4.57 Å². The average Bonchev–Trinajstić information content (AvgIpc) is 3.81. The third-order valence-electron chi connectivity index (χ3n) is 14.2. The second-order valence-electron chi connectivity index (χ2n) is 18.4. The molecule has 13 aromatic rings. The van der Waals surface area contributed by atoms with Crippen molar-refractivity contribution in [3.8, 4) is 72.4 Å². The molecule has 0 saturated carbocycles. The van der Waals surface area contributed by atoms with Gasteiger partial charge in [-0.25, -0.2) is 0 Å². The van der Waals surface area contributed by atoms with E-state index in [0.717, 1.165) is 50.6 Å². The van der Waals surface area contributed by atoms with E-state index in [1.165, 1.54) is 71.5 Å². The molecule has 0 N–H and O–H groups in total. The highest BCUT2D eigenvalue weighted by Gasteiger charge is 2.24. The van der Waals surface area contributed by atoms with Gasteiger partial charge in [0.1, 0.15) is 0 Å². The zero-order chi connectivity index (χ0) is 47.8. The van der Waals surface area contributed by atoms with Crippen molar-refractivity contribution in [2.45, 2.75) is 0 Å². The SMILES string of the molecule is c1ccc(-c2ccc(-c3ccc(N(c4cccc(-c5ccccc5)c4)c4ccc(-c5cccc(-c6ccccc6)c5-n5c6ccccc6c6c7ccccc7ccc65)cc4-c4ccccc4)cc3)cc2)cc1.